The van der Waals surface area contributed by atoms with E-state index in [1.54, 1.807) is 6.92 Å². The Kier molecular flexibility index (Phi) is 3.64. The van der Waals surface area contributed by atoms with Crippen LogP contribution in [0.4, 0.5) is 5.82 Å². The molecule has 1 rings (SSSR count). The van der Waals surface area contributed by atoms with Crippen LogP contribution in [-0.2, 0) is 15.1 Å². The lowest BCUT2D eigenvalue weighted by Crippen LogP contribution is -2.48. The molecular weight excluding hydrogens is 236 g/mol. The number of rotatable bonds is 4. The van der Waals surface area contributed by atoms with E-state index in [2.05, 4.69) is 9.72 Å². The minimum Gasteiger partial charge on any atom is -0.464 e. The maximum absolute atomic E-state index is 11.7. The molecule has 18 heavy (non-hydrogen) atoms. The number of ether oxygens (including phenoxy) is 1. The number of anilines is 1. The number of aromatic nitrogens is 2. The first-order valence-electron chi connectivity index (χ1n) is 5.48. The monoisotopic (exact) mass is 254 g/mol. The number of amides is 1. The molecule has 0 aliphatic carbocycles. The molecule has 7 heteroatoms. The Morgan fingerprint density at radius 2 is 2.06 bits per heavy atom. The maximum atomic E-state index is 11.7. The van der Waals surface area contributed by atoms with E-state index in [1.165, 1.54) is 18.0 Å². The molecule has 7 nitrogen and oxygen atoms in total. The van der Waals surface area contributed by atoms with E-state index in [4.69, 9.17) is 11.5 Å². The summed E-state index contributed by atoms with van der Waals surface area (Å²) in [5.41, 5.74) is 10.2. The lowest BCUT2D eigenvalue weighted by molar-refractivity contribution is -0.127. The quantitative estimate of drug-likeness (QED) is 0.740. The minimum absolute atomic E-state index is 0.0226. The topological polar surface area (TPSA) is 113 Å². The lowest BCUT2D eigenvalue weighted by atomic mass is 9.87. The van der Waals surface area contributed by atoms with E-state index >= 15 is 0 Å². The van der Waals surface area contributed by atoms with Crippen LogP contribution >= 0.6 is 0 Å². The molecule has 0 bridgehead atoms. The second kappa shape index (κ2) is 4.67. The van der Waals surface area contributed by atoms with E-state index < -0.39 is 17.4 Å². The minimum atomic E-state index is -1.05. The van der Waals surface area contributed by atoms with Crippen molar-refractivity contribution in [1.82, 2.24) is 9.55 Å². The van der Waals surface area contributed by atoms with Gasteiger partial charge in [-0.25, -0.2) is 9.78 Å². The second-order valence-corrected chi connectivity index (χ2v) is 4.51. The van der Waals surface area contributed by atoms with Crippen molar-refractivity contribution in [2.75, 3.05) is 12.8 Å². The highest BCUT2D eigenvalue weighted by molar-refractivity contribution is 5.93. The van der Waals surface area contributed by atoms with Crippen molar-refractivity contribution in [2.24, 2.45) is 11.7 Å². The summed E-state index contributed by atoms with van der Waals surface area (Å²) in [4.78, 5) is 27.0. The van der Waals surface area contributed by atoms with Crippen LogP contribution in [0.1, 0.15) is 31.3 Å². The summed E-state index contributed by atoms with van der Waals surface area (Å²) in [7, 11) is 1.23. The van der Waals surface area contributed by atoms with Crippen LogP contribution < -0.4 is 11.5 Å². The molecule has 100 valence electrons. The maximum Gasteiger partial charge on any atom is 0.360 e. The molecule has 0 radical (unpaired) electrons. The number of nitrogens with two attached hydrogens (primary N) is 2. The third-order valence-electron chi connectivity index (χ3n) is 3.31. The Bertz CT molecular complexity index is 481. The molecule has 0 saturated heterocycles. The molecule has 0 fully saturated rings. The molecule has 1 aromatic rings. The fraction of sp³-hybridized carbons (Fsp3) is 0.545. The molecular formula is C11H18N4O3. The van der Waals surface area contributed by atoms with Gasteiger partial charge in [-0.15, -0.1) is 0 Å². The van der Waals surface area contributed by atoms with Gasteiger partial charge in [0.05, 0.1) is 13.4 Å². The first kappa shape index (κ1) is 14.0. The molecule has 1 unspecified atom stereocenters. The standard InChI is InChI=1S/C11H18N4O3/c1-6(2)11(3,10(13)17)15-5-14-7(8(15)12)9(16)18-4/h5-6H,12H2,1-4H3,(H2,13,17). The summed E-state index contributed by atoms with van der Waals surface area (Å²) in [5, 5.41) is 0. The normalized spacial score (nSPS) is 14.3. The van der Waals surface area contributed by atoms with Crippen LogP contribution in [0.2, 0.25) is 0 Å². The number of methoxy groups -OCH3 is 1. The smallest absolute Gasteiger partial charge is 0.360 e. The van der Waals surface area contributed by atoms with Crippen molar-refractivity contribution in [1.29, 1.82) is 0 Å². The molecule has 0 spiro atoms. The van der Waals surface area contributed by atoms with Gasteiger partial charge in [0.1, 0.15) is 11.4 Å². The predicted molar refractivity (Wildman–Crippen MR) is 65.7 cm³/mol. The van der Waals surface area contributed by atoms with Gasteiger partial charge in [0.15, 0.2) is 5.69 Å². The molecule has 0 saturated carbocycles. The van der Waals surface area contributed by atoms with Gasteiger partial charge in [0.2, 0.25) is 5.91 Å². The summed E-state index contributed by atoms with van der Waals surface area (Å²) >= 11 is 0. The van der Waals surface area contributed by atoms with Crippen molar-refractivity contribution in [2.45, 2.75) is 26.3 Å². The fourth-order valence-corrected chi connectivity index (χ4v) is 1.66. The first-order chi connectivity index (χ1) is 8.26. The van der Waals surface area contributed by atoms with Gasteiger partial charge >= 0.3 is 5.97 Å². The first-order valence-corrected chi connectivity index (χ1v) is 5.48. The molecule has 0 aliphatic rings. The summed E-state index contributed by atoms with van der Waals surface area (Å²) in [6, 6.07) is 0. The highest BCUT2D eigenvalue weighted by Crippen LogP contribution is 2.29. The number of nitrogen functional groups attached to an aromatic ring is 1. The van der Waals surface area contributed by atoms with Crippen LogP contribution in [0, 0.1) is 5.92 Å². The Morgan fingerprint density at radius 3 is 2.44 bits per heavy atom. The number of imidazole rings is 1. The van der Waals surface area contributed by atoms with E-state index in [9.17, 15) is 9.59 Å². The summed E-state index contributed by atoms with van der Waals surface area (Å²) in [5.74, 6) is -1.24. The van der Waals surface area contributed by atoms with Crippen LogP contribution in [0.15, 0.2) is 6.33 Å². The average molecular weight is 254 g/mol. The lowest BCUT2D eigenvalue weighted by Gasteiger charge is -2.32. The van der Waals surface area contributed by atoms with Gasteiger partial charge in [-0.1, -0.05) is 13.8 Å². The second-order valence-electron chi connectivity index (χ2n) is 4.51. The van der Waals surface area contributed by atoms with Crippen molar-refractivity contribution < 1.29 is 14.3 Å². The van der Waals surface area contributed by atoms with Gasteiger partial charge in [0.25, 0.3) is 0 Å². The van der Waals surface area contributed by atoms with Crippen LogP contribution in [-0.4, -0.2) is 28.5 Å². The summed E-state index contributed by atoms with van der Waals surface area (Å²) in [6.45, 7) is 5.32. The Morgan fingerprint density at radius 1 is 1.50 bits per heavy atom. The van der Waals surface area contributed by atoms with Crippen molar-refractivity contribution >= 4 is 17.7 Å². The molecule has 0 aromatic carbocycles. The van der Waals surface area contributed by atoms with E-state index in [-0.39, 0.29) is 17.4 Å². The SMILES string of the molecule is COC(=O)c1ncn(C(C)(C(N)=O)C(C)C)c1N. The molecule has 1 atom stereocenters. The zero-order valence-electron chi connectivity index (χ0n) is 10.9. The molecule has 1 aromatic heterocycles. The molecule has 1 heterocycles. The van der Waals surface area contributed by atoms with Crippen molar-refractivity contribution in [3.63, 3.8) is 0 Å². The number of nitrogens with zero attached hydrogens (tertiary/aromatic N) is 2. The molecule has 0 aliphatic heterocycles. The highest BCUT2D eigenvalue weighted by atomic mass is 16.5. The number of hydrogen-bond acceptors (Lipinski definition) is 5. The zero-order valence-corrected chi connectivity index (χ0v) is 10.9. The zero-order chi connectivity index (χ0) is 14.1. The third kappa shape index (κ3) is 1.92. The van der Waals surface area contributed by atoms with E-state index in [1.807, 2.05) is 13.8 Å². The average Bonchev–Trinajstić information content (AvgIpc) is 2.68. The number of carbonyl (C=O) groups excluding carboxylic acids is 2. The number of esters is 1. The summed E-state index contributed by atoms with van der Waals surface area (Å²) in [6.07, 6.45) is 1.33. The number of primary amides is 1. The molecule has 4 N–H and O–H groups in total. The predicted octanol–water partition coefficient (Wildman–Crippen LogP) is 0.108. The van der Waals surface area contributed by atoms with Crippen LogP contribution in [0.5, 0.6) is 0 Å². The van der Waals surface area contributed by atoms with E-state index in [0.717, 1.165) is 0 Å². The number of hydrogen-bond donors (Lipinski definition) is 2. The van der Waals surface area contributed by atoms with Crippen LogP contribution in [0.3, 0.4) is 0 Å². The van der Waals surface area contributed by atoms with Crippen LogP contribution in [0.25, 0.3) is 0 Å². The Hall–Kier alpha value is -2.05. The van der Waals surface area contributed by atoms with Gasteiger partial charge < -0.3 is 20.8 Å². The van der Waals surface area contributed by atoms with Gasteiger partial charge in [-0.3, -0.25) is 4.79 Å². The van der Waals surface area contributed by atoms with Gasteiger partial charge in [-0.05, 0) is 12.8 Å². The van der Waals surface area contributed by atoms with Gasteiger partial charge in [-0.2, -0.15) is 0 Å². The van der Waals surface area contributed by atoms with Crippen molar-refractivity contribution in [3.05, 3.63) is 12.0 Å². The third-order valence-corrected chi connectivity index (χ3v) is 3.31. The fourth-order valence-electron chi connectivity index (χ4n) is 1.66. The highest BCUT2D eigenvalue weighted by Gasteiger charge is 2.39. The number of carbonyl (C=O) groups is 2. The van der Waals surface area contributed by atoms with Crippen molar-refractivity contribution in [3.8, 4) is 0 Å². The van der Waals surface area contributed by atoms with Gasteiger partial charge in [0, 0.05) is 0 Å². The van der Waals surface area contributed by atoms with E-state index in [0.29, 0.717) is 0 Å². The molecule has 1 amide bonds. The Balaban J connectivity index is 3.37. The Labute approximate surface area is 105 Å². The summed E-state index contributed by atoms with van der Waals surface area (Å²) < 4.78 is 5.96. The largest absolute Gasteiger partial charge is 0.464 e.